The molecule has 0 saturated heterocycles. The molecule has 0 unspecified atom stereocenters. The van der Waals surface area contributed by atoms with Gasteiger partial charge in [-0.15, -0.1) is 4.91 Å². The summed E-state index contributed by atoms with van der Waals surface area (Å²) in [5, 5.41) is 14.5. The van der Waals surface area contributed by atoms with Crippen LogP contribution in [-0.4, -0.2) is 16.3 Å². The second kappa shape index (κ2) is 8.19. The number of ether oxygens (including phenoxy) is 1. The first kappa shape index (κ1) is 19.5. The summed E-state index contributed by atoms with van der Waals surface area (Å²) >= 11 is 12.3. The molecule has 7 heteroatoms. The molecule has 142 valence electrons. The second-order valence-corrected chi connectivity index (χ2v) is 7.65. The van der Waals surface area contributed by atoms with Crippen LogP contribution in [0.25, 0.3) is 10.9 Å². The monoisotopic (exact) mass is 406 g/mol. The van der Waals surface area contributed by atoms with Gasteiger partial charge in [0.2, 0.25) is 5.88 Å². The fourth-order valence-corrected chi connectivity index (χ4v) is 3.50. The van der Waals surface area contributed by atoms with Crippen molar-refractivity contribution in [3.63, 3.8) is 0 Å². The minimum atomic E-state index is -0.235. The number of halogens is 2. The lowest BCUT2D eigenvalue weighted by molar-refractivity contribution is 0.289. The standard InChI is InChI=1S/C20H20Cl2N2O3/c1-12(2)7-8-27-15-5-3-13(4-6-15)11-24-19-16(18(23-26)20(24)25)9-14(21)10-17(19)22/h3-6,9-10,12,25H,7-8,11H2,1-2H3. The van der Waals surface area contributed by atoms with Gasteiger partial charge in [-0.1, -0.05) is 49.2 Å². The second-order valence-electron chi connectivity index (χ2n) is 6.81. The molecule has 0 spiro atoms. The number of fused-ring (bicyclic) bond motifs is 1. The zero-order valence-electron chi connectivity index (χ0n) is 15.1. The van der Waals surface area contributed by atoms with Crippen LogP contribution in [0.4, 0.5) is 5.69 Å². The summed E-state index contributed by atoms with van der Waals surface area (Å²) in [6.07, 6.45) is 0.994. The Morgan fingerprint density at radius 3 is 2.52 bits per heavy atom. The summed E-state index contributed by atoms with van der Waals surface area (Å²) in [5.41, 5.74) is 1.37. The van der Waals surface area contributed by atoms with Gasteiger partial charge in [0, 0.05) is 10.4 Å². The molecule has 3 aromatic rings. The molecule has 0 saturated carbocycles. The van der Waals surface area contributed by atoms with Crippen LogP contribution in [0.3, 0.4) is 0 Å². The molecule has 0 aliphatic heterocycles. The highest BCUT2D eigenvalue weighted by molar-refractivity contribution is 6.39. The van der Waals surface area contributed by atoms with E-state index < -0.39 is 0 Å². The van der Waals surface area contributed by atoms with E-state index in [1.54, 1.807) is 16.7 Å². The van der Waals surface area contributed by atoms with Gasteiger partial charge in [0.05, 0.1) is 23.7 Å². The normalized spacial score (nSPS) is 11.3. The Hall–Kier alpha value is -2.24. The van der Waals surface area contributed by atoms with E-state index in [0.29, 0.717) is 40.0 Å². The highest BCUT2D eigenvalue weighted by atomic mass is 35.5. The minimum Gasteiger partial charge on any atom is -0.494 e. The van der Waals surface area contributed by atoms with Crippen molar-refractivity contribution in [3.8, 4) is 11.6 Å². The molecule has 2 aromatic carbocycles. The number of aromatic nitrogens is 1. The summed E-state index contributed by atoms with van der Waals surface area (Å²) in [4.78, 5) is 11.2. The topological polar surface area (TPSA) is 63.8 Å². The number of rotatable bonds is 7. The molecule has 0 atom stereocenters. The van der Waals surface area contributed by atoms with Gasteiger partial charge in [-0.25, -0.2) is 0 Å². The summed E-state index contributed by atoms with van der Waals surface area (Å²) in [6.45, 7) is 5.30. The third-order valence-electron chi connectivity index (χ3n) is 4.34. The van der Waals surface area contributed by atoms with E-state index in [0.717, 1.165) is 17.7 Å². The van der Waals surface area contributed by atoms with E-state index in [-0.39, 0.29) is 11.6 Å². The van der Waals surface area contributed by atoms with E-state index in [4.69, 9.17) is 27.9 Å². The van der Waals surface area contributed by atoms with E-state index in [1.165, 1.54) is 0 Å². The number of hydrogen-bond donors (Lipinski definition) is 1. The Morgan fingerprint density at radius 2 is 1.89 bits per heavy atom. The van der Waals surface area contributed by atoms with Crippen molar-refractivity contribution in [2.45, 2.75) is 26.8 Å². The molecule has 0 fully saturated rings. The van der Waals surface area contributed by atoms with Gasteiger partial charge in [0.25, 0.3) is 0 Å². The van der Waals surface area contributed by atoms with Crippen molar-refractivity contribution in [2.24, 2.45) is 11.1 Å². The van der Waals surface area contributed by atoms with Gasteiger partial charge in [0.15, 0.2) is 5.69 Å². The summed E-state index contributed by atoms with van der Waals surface area (Å²) in [7, 11) is 0. The molecule has 27 heavy (non-hydrogen) atoms. The molecule has 0 radical (unpaired) electrons. The molecular weight excluding hydrogens is 387 g/mol. The Bertz CT molecular complexity index is 966. The Balaban J connectivity index is 1.88. The lowest BCUT2D eigenvalue weighted by atomic mass is 10.1. The van der Waals surface area contributed by atoms with E-state index in [2.05, 4.69) is 19.0 Å². The summed E-state index contributed by atoms with van der Waals surface area (Å²) in [6, 6.07) is 10.7. The van der Waals surface area contributed by atoms with Crippen molar-refractivity contribution in [1.82, 2.24) is 4.57 Å². The van der Waals surface area contributed by atoms with Gasteiger partial charge < -0.3 is 14.4 Å². The number of nitroso groups, excluding NO2 is 1. The van der Waals surface area contributed by atoms with E-state index in [9.17, 15) is 10.0 Å². The lowest BCUT2D eigenvalue weighted by Gasteiger charge is -2.11. The Kier molecular flexibility index (Phi) is 5.92. The maximum absolute atomic E-state index is 11.2. The Labute approximate surface area is 167 Å². The predicted molar refractivity (Wildman–Crippen MR) is 110 cm³/mol. The first-order valence-electron chi connectivity index (χ1n) is 8.66. The first-order valence-corrected chi connectivity index (χ1v) is 9.41. The van der Waals surface area contributed by atoms with Crippen LogP contribution in [0.1, 0.15) is 25.8 Å². The zero-order valence-corrected chi connectivity index (χ0v) is 16.6. The molecule has 1 aromatic heterocycles. The van der Waals surface area contributed by atoms with Gasteiger partial charge in [0.1, 0.15) is 5.75 Å². The molecule has 3 rings (SSSR count). The first-order chi connectivity index (χ1) is 12.9. The fraction of sp³-hybridized carbons (Fsp3) is 0.300. The predicted octanol–water partition coefficient (Wildman–Crippen LogP) is 6.52. The molecule has 0 amide bonds. The average Bonchev–Trinajstić information content (AvgIpc) is 2.87. The van der Waals surface area contributed by atoms with Gasteiger partial charge in [-0.2, -0.15) is 0 Å². The molecular formula is C20H20Cl2N2O3. The van der Waals surface area contributed by atoms with Crippen LogP contribution in [0, 0.1) is 10.8 Å². The molecule has 5 nitrogen and oxygen atoms in total. The van der Waals surface area contributed by atoms with Crippen LogP contribution in [0.2, 0.25) is 10.0 Å². The summed E-state index contributed by atoms with van der Waals surface area (Å²) < 4.78 is 7.28. The highest BCUT2D eigenvalue weighted by Crippen LogP contribution is 2.43. The Morgan fingerprint density at radius 1 is 1.19 bits per heavy atom. The third kappa shape index (κ3) is 4.20. The highest BCUT2D eigenvalue weighted by Gasteiger charge is 2.20. The van der Waals surface area contributed by atoms with Crippen LogP contribution < -0.4 is 4.74 Å². The van der Waals surface area contributed by atoms with Gasteiger partial charge >= 0.3 is 0 Å². The zero-order chi connectivity index (χ0) is 19.6. The number of benzene rings is 2. The van der Waals surface area contributed by atoms with Crippen LogP contribution in [-0.2, 0) is 6.54 Å². The fourth-order valence-electron chi connectivity index (χ4n) is 2.91. The quantitative estimate of drug-likeness (QED) is 0.453. The van der Waals surface area contributed by atoms with Gasteiger partial charge in [-0.3, -0.25) is 0 Å². The SMILES string of the molecule is CC(C)CCOc1ccc(Cn2c(O)c(N=O)c3cc(Cl)cc(Cl)c32)cc1. The minimum absolute atomic E-state index is 0.0666. The van der Waals surface area contributed by atoms with Crippen molar-refractivity contribution in [2.75, 3.05) is 6.61 Å². The molecule has 1 N–H and O–H groups in total. The number of nitrogens with zero attached hydrogens (tertiary/aromatic N) is 2. The molecule has 0 bridgehead atoms. The largest absolute Gasteiger partial charge is 0.494 e. The average molecular weight is 407 g/mol. The van der Waals surface area contributed by atoms with Crippen molar-refractivity contribution in [3.05, 3.63) is 56.9 Å². The smallest absolute Gasteiger partial charge is 0.222 e. The van der Waals surface area contributed by atoms with Crippen molar-refractivity contribution < 1.29 is 9.84 Å². The van der Waals surface area contributed by atoms with Crippen molar-refractivity contribution in [1.29, 1.82) is 0 Å². The molecule has 0 aliphatic rings. The maximum Gasteiger partial charge on any atom is 0.222 e. The number of aromatic hydroxyl groups is 1. The number of hydrogen-bond acceptors (Lipinski definition) is 4. The lowest BCUT2D eigenvalue weighted by Crippen LogP contribution is -2.02. The van der Waals surface area contributed by atoms with E-state index >= 15 is 0 Å². The maximum atomic E-state index is 11.2. The molecule has 0 aliphatic carbocycles. The summed E-state index contributed by atoms with van der Waals surface area (Å²) in [5.74, 6) is 1.15. The van der Waals surface area contributed by atoms with E-state index in [1.807, 2.05) is 24.3 Å². The van der Waals surface area contributed by atoms with Crippen LogP contribution >= 0.6 is 23.2 Å². The van der Waals surface area contributed by atoms with Crippen LogP contribution in [0.15, 0.2) is 41.6 Å². The third-order valence-corrected chi connectivity index (χ3v) is 4.85. The molecule has 1 heterocycles. The van der Waals surface area contributed by atoms with Crippen LogP contribution in [0.5, 0.6) is 11.6 Å². The van der Waals surface area contributed by atoms with Crippen molar-refractivity contribution >= 4 is 39.8 Å². The van der Waals surface area contributed by atoms with Gasteiger partial charge in [-0.05, 0) is 47.3 Å².